The van der Waals surface area contributed by atoms with E-state index in [2.05, 4.69) is 10.6 Å². The molecule has 1 fully saturated rings. The molecule has 0 spiro atoms. The van der Waals surface area contributed by atoms with Crippen molar-refractivity contribution in [2.45, 2.75) is 52.9 Å². The summed E-state index contributed by atoms with van der Waals surface area (Å²) in [6.07, 6.45) is 5.32. The minimum Gasteiger partial charge on any atom is -0.495 e. The molecule has 0 radical (unpaired) electrons. The van der Waals surface area contributed by atoms with E-state index < -0.39 is 17.4 Å². The van der Waals surface area contributed by atoms with E-state index in [9.17, 15) is 14.4 Å². The molecule has 1 aliphatic heterocycles. The van der Waals surface area contributed by atoms with Crippen LogP contribution in [-0.4, -0.2) is 55.7 Å². The Labute approximate surface area is 230 Å². The molecule has 208 valence electrons. The van der Waals surface area contributed by atoms with Crippen molar-refractivity contribution in [2.24, 2.45) is 16.4 Å². The zero-order valence-electron chi connectivity index (χ0n) is 23.5. The van der Waals surface area contributed by atoms with E-state index in [4.69, 9.17) is 9.84 Å². The van der Waals surface area contributed by atoms with E-state index in [0.717, 1.165) is 42.6 Å². The Balaban J connectivity index is 1.68. The van der Waals surface area contributed by atoms with E-state index in [1.165, 1.54) is 16.3 Å². The number of nitrogens with zero attached hydrogens (tertiary/aromatic N) is 3. The van der Waals surface area contributed by atoms with Gasteiger partial charge in [-0.1, -0.05) is 58.2 Å². The van der Waals surface area contributed by atoms with Crippen molar-refractivity contribution in [3.05, 3.63) is 48.0 Å². The van der Waals surface area contributed by atoms with Gasteiger partial charge in [-0.05, 0) is 37.1 Å². The highest BCUT2D eigenvalue weighted by Crippen LogP contribution is 2.35. The highest BCUT2D eigenvalue weighted by atomic mass is 16.5. The molecule has 4 rings (SSSR count). The molecule has 1 aliphatic carbocycles. The summed E-state index contributed by atoms with van der Waals surface area (Å²) in [5.41, 5.74) is 2.96. The van der Waals surface area contributed by atoms with Gasteiger partial charge in [0.25, 0.3) is 0 Å². The molecule has 0 bridgehead atoms. The van der Waals surface area contributed by atoms with Gasteiger partial charge in [0.15, 0.2) is 5.78 Å². The maximum atomic E-state index is 14.0. The first kappa shape index (κ1) is 28.1. The summed E-state index contributed by atoms with van der Waals surface area (Å²) in [6, 6.07) is 12.4. The van der Waals surface area contributed by atoms with Crippen molar-refractivity contribution in [2.75, 3.05) is 42.8 Å². The van der Waals surface area contributed by atoms with Crippen LogP contribution in [-0.2, 0) is 9.59 Å². The largest absolute Gasteiger partial charge is 0.495 e. The number of benzene rings is 2. The standard InChI is InChI=1S/C30H39N5O4/c1-30(2,3)26(36)18-34-24-14-10-9-13-22(24)28(20-11-7-6-8-12-20)33-35(29(34)38)19-27(37)32-21-15-16-25(39-5)23(17-21)31-4/h9-10,13-17,20,31H,6-8,11-12,18-19H2,1-5H3,(H,32,37). The van der Waals surface area contributed by atoms with Crippen molar-refractivity contribution in [1.82, 2.24) is 5.01 Å². The minimum absolute atomic E-state index is 0.0750. The summed E-state index contributed by atoms with van der Waals surface area (Å²) in [4.78, 5) is 41.8. The first-order valence-electron chi connectivity index (χ1n) is 13.6. The second-order valence-corrected chi connectivity index (χ2v) is 11.2. The van der Waals surface area contributed by atoms with Crippen LogP contribution < -0.4 is 20.3 Å². The Kier molecular flexibility index (Phi) is 8.57. The second-order valence-electron chi connectivity index (χ2n) is 11.2. The van der Waals surface area contributed by atoms with Gasteiger partial charge < -0.3 is 15.4 Å². The van der Waals surface area contributed by atoms with Crippen LogP contribution in [0.5, 0.6) is 5.75 Å². The molecule has 1 saturated carbocycles. The number of hydrogen-bond donors (Lipinski definition) is 2. The van der Waals surface area contributed by atoms with E-state index in [1.807, 2.05) is 45.0 Å². The van der Waals surface area contributed by atoms with Crippen LogP contribution in [0.4, 0.5) is 21.9 Å². The van der Waals surface area contributed by atoms with Crippen LogP contribution in [0.2, 0.25) is 0 Å². The topological polar surface area (TPSA) is 103 Å². The SMILES string of the molecule is CNc1cc(NC(=O)CN2N=C(C3CCCCC3)c3ccccc3N(CC(=O)C(C)(C)C)C2=O)ccc1OC. The number of Topliss-reactive ketones (excluding diaryl/α,β-unsaturated/α-hetero) is 1. The molecule has 0 atom stereocenters. The maximum absolute atomic E-state index is 14.0. The molecule has 3 amide bonds. The number of fused-ring (bicyclic) bond motifs is 1. The number of para-hydroxylation sites is 1. The first-order chi connectivity index (χ1) is 18.6. The molecule has 9 nitrogen and oxygen atoms in total. The van der Waals surface area contributed by atoms with Crippen LogP contribution in [0, 0.1) is 11.3 Å². The number of rotatable bonds is 8. The third kappa shape index (κ3) is 6.41. The number of methoxy groups -OCH3 is 1. The number of hydrogen-bond acceptors (Lipinski definition) is 6. The number of carbonyl (C=O) groups is 3. The zero-order chi connectivity index (χ0) is 28.2. The van der Waals surface area contributed by atoms with Gasteiger partial charge in [-0.25, -0.2) is 9.80 Å². The van der Waals surface area contributed by atoms with Gasteiger partial charge in [0, 0.05) is 29.6 Å². The number of ketones is 1. The summed E-state index contributed by atoms with van der Waals surface area (Å²) in [6.45, 7) is 5.13. The molecule has 2 aliphatic rings. The number of urea groups is 1. The quantitative estimate of drug-likeness (QED) is 0.465. The molecule has 2 aromatic carbocycles. The fraction of sp³-hybridized carbons (Fsp3) is 0.467. The van der Waals surface area contributed by atoms with E-state index in [1.54, 1.807) is 32.4 Å². The third-order valence-electron chi connectivity index (χ3n) is 7.33. The summed E-state index contributed by atoms with van der Waals surface area (Å²) in [5.74, 6) is 0.359. The molecule has 0 unspecified atom stereocenters. The smallest absolute Gasteiger partial charge is 0.345 e. The number of carbonyl (C=O) groups excluding carboxylic acids is 3. The maximum Gasteiger partial charge on any atom is 0.345 e. The molecule has 0 aromatic heterocycles. The lowest BCUT2D eigenvalue weighted by Gasteiger charge is -2.28. The Morgan fingerprint density at radius 1 is 1.05 bits per heavy atom. The van der Waals surface area contributed by atoms with Gasteiger partial charge in [-0.3, -0.25) is 14.5 Å². The summed E-state index contributed by atoms with van der Waals surface area (Å²) in [5, 5.41) is 12.0. The average Bonchev–Trinajstić information content (AvgIpc) is 3.03. The molecule has 1 heterocycles. The van der Waals surface area contributed by atoms with E-state index >= 15 is 0 Å². The third-order valence-corrected chi connectivity index (χ3v) is 7.33. The number of hydrazone groups is 1. The predicted molar refractivity (Wildman–Crippen MR) is 155 cm³/mol. The van der Waals surface area contributed by atoms with Crippen LogP contribution >= 0.6 is 0 Å². The van der Waals surface area contributed by atoms with Gasteiger partial charge in [-0.15, -0.1) is 0 Å². The van der Waals surface area contributed by atoms with Crippen molar-refractivity contribution in [3.8, 4) is 5.75 Å². The van der Waals surface area contributed by atoms with Crippen molar-refractivity contribution in [3.63, 3.8) is 0 Å². The number of amides is 3. The number of ether oxygens (including phenoxy) is 1. The molecule has 9 heteroatoms. The Morgan fingerprint density at radius 3 is 2.44 bits per heavy atom. The monoisotopic (exact) mass is 533 g/mol. The fourth-order valence-corrected chi connectivity index (χ4v) is 5.03. The molecular weight excluding hydrogens is 494 g/mol. The summed E-state index contributed by atoms with van der Waals surface area (Å²) < 4.78 is 5.33. The minimum atomic E-state index is -0.629. The lowest BCUT2D eigenvalue weighted by molar-refractivity contribution is -0.124. The van der Waals surface area contributed by atoms with E-state index in [0.29, 0.717) is 17.1 Å². The average molecular weight is 534 g/mol. The lowest BCUT2D eigenvalue weighted by Crippen LogP contribution is -2.47. The van der Waals surface area contributed by atoms with E-state index in [-0.39, 0.29) is 24.8 Å². The molecule has 2 aromatic rings. The first-order valence-corrected chi connectivity index (χ1v) is 13.6. The summed E-state index contributed by atoms with van der Waals surface area (Å²) in [7, 11) is 3.35. The zero-order valence-corrected chi connectivity index (χ0v) is 23.5. The highest BCUT2D eigenvalue weighted by molar-refractivity contribution is 6.13. The molecule has 0 saturated heterocycles. The molecule has 2 N–H and O–H groups in total. The predicted octanol–water partition coefficient (Wildman–Crippen LogP) is 5.52. The number of anilines is 3. The molecule has 39 heavy (non-hydrogen) atoms. The second kappa shape index (κ2) is 11.9. The number of nitrogens with one attached hydrogen (secondary N) is 2. The van der Waals surface area contributed by atoms with Crippen molar-refractivity contribution >= 4 is 40.5 Å². The molecular formula is C30H39N5O4. The Morgan fingerprint density at radius 2 is 1.77 bits per heavy atom. The van der Waals surface area contributed by atoms with Gasteiger partial charge in [0.1, 0.15) is 12.3 Å². The van der Waals surface area contributed by atoms with Crippen molar-refractivity contribution in [1.29, 1.82) is 0 Å². The fourth-order valence-electron chi connectivity index (χ4n) is 5.03. The van der Waals surface area contributed by atoms with Crippen LogP contribution in [0.3, 0.4) is 0 Å². The lowest BCUT2D eigenvalue weighted by atomic mass is 9.83. The van der Waals surface area contributed by atoms with Crippen LogP contribution in [0.15, 0.2) is 47.6 Å². The van der Waals surface area contributed by atoms with Crippen LogP contribution in [0.1, 0.15) is 58.4 Å². The van der Waals surface area contributed by atoms with Gasteiger partial charge in [0.2, 0.25) is 5.91 Å². The summed E-state index contributed by atoms with van der Waals surface area (Å²) >= 11 is 0. The van der Waals surface area contributed by atoms with Gasteiger partial charge in [-0.2, -0.15) is 5.10 Å². The van der Waals surface area contributed by atoms with Crippen molar-refractivity contribution < 1.29 is 19.1 Å². The highest BCUT2D eigenvalue weighted by Gasteiger charge is 2.36. The van der Waals surface area contributed by atoms with Gasteiger partial charge >= 0.3 is 6.03 Å². The Bertz CT molecular complexity index is 1260. The van der Waals surface area contributed by atoms with Gasteiger partial charge in [0.05, 0.1) is 30.7 Å². The normalized spacial score (nSPS) is 16.2. The van der Waals surface area contributed by atoms with Crippen LogP contribution in [0.25, 0.3) is 0 Å². The Hall–Kier alpha value is -3.88.